The molecule has 0 aromatic heterocycles. The first-order chi connectivity index (χ1) is 7.68. The van der Waals surface area contributed by atoms with E-state index in [1.54, 1.807) is 30.3 Å². The zero-order chi connectivity index (χ0) is 11.5. The van der Waals surface area contributed by atoms with Crippen molar-refractivity contribution < 1.29 is 4.79 Å². The molecule has 0 saturated heterocycles. The molecule has 0 aliphatic rings. The number of nitrogen functional groups attached to an aromatic ring is 1. The summed E-state index contributed by atoms with van der Waals surface area (Å²) in [5.74, 6) is -0.0882. The lowest BCUT2D eigenvalue weighted by atomic mass is 10.0. The van der Waals surface area contributed by atoms with Crippen molar-refractivity contribution >= 4 is 23.1 Å². The molecule has 16 heavy (non-hydrogen) atoms. The molecule has 2 rings (SSSR count). The molecular formula is C13H10ClNO. The van der Waals surface area contributed by atoms with E-state index in [2.05, 4.69) is 0 Å². The highest BCUT2D eigenvalue weighted by molar-refractivity contribution is 6.31. The lowest BCUT2D eigenvalue weighted by Crippen LogP contribution is -2.04. The van der Waals surface area contributed by atoms with Gasteiger partial charge in [0.05, 0.1) is 0 Å². The Bertz CT molecular complexity index is 523. The van der Waals surface area contributed by atoms with E-state index < -0.39 is 0 Å². The number of hydrogen-bond donors (Lipinski definition) is 1. The predicted octanol–water partition coefficient (Wildman–Crippen LogP) is 3.15. The summed E-state index contributed by atoms with van der Waals surface area (Å²) in [6, 6.07) is 13.9. The third-order valence-electron chi connectivity index (χ3n) is 2.29. The molecule has 0 aliphatic heterocycles. The van der Waals surface area contributed by atoms with Gasteiger partial charge in [-0.3, -0.25) is 4.79 Å². The van der Waals surface area contributed by atoms with E-state index in [0.717, 1.165) is 0 Å². The molecule has 0 unspecified atom stereocenters. The third-order valence-corrected chi connectivity index (χ3v) is 2.53. The highest BCUT2D eigenvalue weighted by Crippen LogP contribution is 2.20. The van der Waals surface area contributed by atoms with Crippen LogP contribution in [0.4, 0.5) is 5.69 Å². The molecule has 2 N–H and O–H groups in total. The van der Waals surface area contributed by atoms with Crippen molar-refractivity contribution in [1.82, 2.24) is 0 Å². The number of nitrogens with two attached hydrogens (primary N) is 1. The number of hydrogen-bond acceptors (Lipinski definition) is 2. The van der Waals surface area contributed by atoms with Gasteiger partial charge in [-0.05, 0) is 18.2 Å². The SMILES string of the molecule is Nc1cc(Cl)ccc1C(=O)c1ccccc1. The summed E-state index contributed by atoms with van der Waals surface area (Å²) in [6.45, 7) is 0. The first-order valence-corrected chi connectivity index (χ1v) is 5.21. The molecule has 0 radical (unpaired) electrons. The number of carbonyl (C=O) groups is 1. The summed E-state index contributed by atoms with van der Waals surface area (Å²) < 4.78 is 0. The fraction of sp³-hybridized carbons (Fsp3) is 0. The van der Waals surface area contributed by atoms with Crippen LogP contribution in [-0.2, 0) is 0 Å². The Morgan fingerprint density at radius 1 is 1.06 bits per heavy atom. The van der Waals surface area contributed by atoms with Crippen LogP contribution in [-0.4, -0.2) is 5.78 Å². The van der Waals surface area contributed by atoms with Gasteiger partial charge in [-0.2, -0.15) is 0 Å². The summed E-state index contributed by atoms with van der Waals surface area (Å²) in [5, 5.41) is 0.530. The van der Waals surface area contributed by atoms with E-state index in [4.69, 9.17) is 17.3 Å². The first-order valence-electron chi connectivity index (χ1n) is 4.83. The maximum Gasteiger partial charge on any atom is 0.195 e. The minimum Gasteiger partial charge on any atom is -0.398 e. The topological polar surface area (TPSA) is 43.1 Å². The van der Waals surface area contributed by atoms with Crippen molar-refractivity contribution in [2.45, 2.75) is 0 Å². The predicted molar refractivity (Wildman–Crippen MR) is 65.7 cm³/mol. The molecule has 0 atom stereocenters. The second-order valence-corrected chi connectivity index (χ2v) is 3.86. The van der Waals surface area contributed by atoms with E-state index in [1.807, 2.05) is 18.2 Å². The van der Waals surface area contributed by atoms with Crippen molar-refractivity contribution in [3.8, 4) is 0 Å². The lowest BCUT2D eigenvalue weighted by Gasteiger charge is -2.04. The minimum atomic E-state index is -0.0882. The molecule has 80 valence electrons. The van der Waals surface area contributed by atoms with Crippen molar-refractivity contribution in [2.75, 3.05) is 5.73 Å². The standard InChI is InChI=1S/C13H10ClNO/c14-10-6-7-11(12(15)8-10)13(16)9-4-2-1-3-5-9/h1-8H,15H2. The Kier molecular flexibility index (Phi) is 2.93. The Morgan fingerprint density at radius 3 is 2.38 bits per heavy atom. The van der Waals surface area contributed by atoms with Gasteiger partial charge in [-0.1, -0.05) is 41.9 Å². The highest BCUT2D eigenvalue weighted by atomic mass is 35.5. The second-order valence-electron chi connectivity index (χ2n) is 3.43. The van der Waals surface area contributed by atoms with E-state index in [1.165, 1.54) is 0 Å². The quantitative estimate of drug-likeness (QED) is 0.637. The number of rotatable bonds is 2. The molecule has 0 fully saturated rings. The maximum absolute atomic E-state index is 12.1. The number of carbonyl (C=O) groups excluding carboxylic acids is 1. The number of ketones is 1. The van der Waals surface area contributed by atoms with Crippen LogP contribution in [0.1, 0.15) is 15.9 Å². The molecule has 2 aromatic rings. The minimum absolute atomic E-state index is 0.0882. The lowest BCUT2D eigenvalue weighted by molar-refractivity contribution is 0.103. The number of anilines is 1. The Balaban J connectivity index is 2.42. The van der Waals surface area contributed by atoms with Crippen LogP contribution in [0.25, 0.3) is 0 Å². The molecule has 0 aliphatic carbocycles. The van der Waals surface area contributed by atoms with Crippen LogP contribution < -0.4 is 5.73 Å². The van der Waals surface area contributed by atoms with Gasteiger partial charge in [-0.15, -0.1) is 0 Å². The van der Waals surface area contributed by atoms with Gasteiger partial charge in [0.25, 0.3) is 0 Å². The first kappa shape index (κ1) is 10.7. The third kappa shape index (κ3) is 2.07. The van der Waals surface area contributed by atoms with Crippen molar-refractivity contribution in [1.29, 1.82) is 0 Å². The molecular weight excluding hydrogens is 222 g/mol. The number of benzene rings is 2. The second kappa shape index (κ2) is 4.37. The molecule has 2 aromatic carbocycles. The zero-order valence-electron chi connectivity index (χ0n) is 8.48. The van der Waals surface area contributed by atoms with Gasteiger partial charge in [0.15, 0.2) is 5.78 Å². The van der Waals surface area contributed by atoms with Gasteiger partial charge < -0.3 is 5.73 Å². The van der Waals surface area contributed by atoms with E-state index in [0.29, 0.717) is 21.8 Å². The van der Waals surface area contributed by atoms with Crippen molar-refractivity contribution in [2.24, 2.45) is 0 Å². The molecule has 0 saturated carbocycles. The van der Waals surface area contributed by atoms with Gasteiger partial charge >= 0.3 is 0 Å². The normalized spacial score (nSPS) is 10.1. The Hall–Kier alpha value is -1.80. The summed E-state index contributed by atoms with van der Waals surface area (Å²) in [7, 11) is 0. The van der Waals surface area contributed by atoms with Gasteiger partial charge in [0.1, 0.15) is 0 Å². The highest BCUT2D eigenvalue weighted by Gasteiger charge is 2.11. The average Bonchev–Trinajstić information content (AvgIpc) is 2.29. The van der Waals surface area contributed by atoms with Crippen LogP contribution in [0.3, 0.4) is 0 Å². The zero-order valence-corrected chi connectivity index (χ0v) is 9.24. The molecule has 0 bridgehead atoms. The average molecular weight is 232 g/mol. The molecule has 0 spiro atoms. The molecule has 0 amide bonds. The molecule has 3 heteroatoms. The van der Waals surface area contributed by atoms with Gasteiger partial charge in [0, 0.05) is 21.8 Å². The monoisotopic (exact) mass is 231 g/mol. The van der Waals surface area contributed by atoms with Crippen LogP contribution in [0.2, 0.25) is 5.02 Å². The molecule has 0 heterocycles. The Morgan fingerprint density at radius 2 is 1.75 bits per heavy atom. The number of halogens is 1. The summed E-state index contributed by atoms with van der Waals surface area (Å²) in [4.78, 5) is 12.1. The summed E-state index contributed by atoms with van der Waals surface area (Å²) >= 11 is 5.78. The summed E-state index contributed by atoms with van der Waals surface area (Å²) in [6.07, 6.45) is 0. The van der Waals surface area contributed by atoms with Gasteiger partial charge in [-0.25, -0.2) is 0 Å². The van der Waals surface area contributed by atoms with Crippen molar-refractivity contribution in [3.63, 3.8) is 0 Å². The molecule has 2 nitrogen and oxygen atoms in total. The fourth-order valence-corrected chi connectivity index (χ4v) is 1.67. The summed E-state index contributed by atoms with van der Waals surface area (Å²) in [5.41, 5.74) is 7.26. The van der Waals surface area contributed by atoms with Crippen LogP contribution in [0.15, 0.2) is 48.5 Å². The smallest absolute Gasteiger partial charge is 0.195 e. The van der Waals surface area contributed by atoms with Gasteiger partial charge in [0.2, 0.25) is 0 Å². The fourth-order valence-electron chi connectivity index (χ4n) is 1.49. The van der Waals surface area contributed by atoms with E-state index >= 15 is 0 Å². The van der Waals surface area contributed by atoms with Crippen molar-refractivity contribution in [3.05, 3.63) is 64.7 Å². The maximum atomic E-state index is 12.1. The van der Waals surface area contributed by atoms with E-state index in [9.17, 15) is 4.79 Å². The largest absolute Gasteiger partial charge is 0.398 e. The Labute approximate surface area is 98.7 Å². The van der Waals surface area contributed by atoms with E-state index in [-0.39, 0.29) is 5.78 Å². The van der Waals surface area contributed by atoms with Crippen LogP contribution in [0, 0.1) is 0 Å². The van der Waals surface area contributed by atoms with Crippen LogP contribution >= 0.6 is 11.6 Å². The van der Waals surface area contributed by atoms with Crippen LogP contribution in [0.5, 0.6) is 0 Å².